The molecule has 0 aliphatic carbocycles. The Morgan fingerprint density at radius 2 is 2.17 bits per heavy atom. The summed E-state index contributed by atoms with van der Waals surface area (Å²) in [7, 11) is 1.80. The molecule has 2 N–H and O–H groups in total. The van der Waals surface area contributed by atoms with E-state index in [9.17, 15) is 9.59 Å². The molecule has 0 radical (unpaired) electrons. The van der Waals surface area contributed by atoms with Crippen molar-refractivity contribution in [1.29, 1.82) is 0 Å². The number of ether oxygens (including phenoxy) is 1. The fourth-order valence-corrected chi connectivity index (χ4v) is 2.41. The fraction of sp³-hybridized carbons (Fsp3) is 0.667. The number of imide groups is 1. The number of hydrogen-bond donors (Lipinski definition) is 2. The van der Waals surface area contributed by atoms with Crippen molar-refractivity contribution in [2.24, 2.45) is 0 Å². The van der Waals surface area contributed by atoms with Crippen molar-refractivity contribution in [3.63, 3.8) is 0 Å². The number of urea groups is 1. The van der Waals surface area contributed by atoms with Gasteiger partial charge in [0.2, 0.25) is 0 Å². The van der Waals surface area contributed by atoms with Crippen LogP contribution in [0, 0.1) is 0 Å². The Labute approximate surface area is 106 Å². The van der Waals surface area contributed by atoms with E-state index in [1.54, 1.807) is 7.05 Å². The second kappa shape index (κ2) is 5.07. The van der Waals surface area contributed by atoms with Crippen LogP contribution in [-0.4, -0.2) is 55.7 Å². The SMILES string of the molecule is C=C(CNC)CN1C(=O)NC2(CCOCC2)C1=O. The lowest BCUT2D eigenvalue weighted by Gasteiger charge is -2.30. The number of rotatable bonds is 4. The molecule has 2 heterocycles. The maximum Gasteiger partial charge on any atom is 0.325 e. The lowest BCUT2D eigenvalue weighted by molar-refractivity contribution is -0.134. The minimum atomic E-state index is -0.741. The van der Waals surface area contributed by atoms with Crippen LogP contribution in [0.1, 0.15) is 12.8 Å². The van der Waals surface area contributed by atoms with Gasteiger partial charge in [0, 0.05) is 32.6 Å². The molecule has 100 valence electrons. The Bertz CT molecular complexity index is 375. The van der Waals surface area contributed by atoms with Crippen LogP contribution in [0.2, 0.25) is 0 Å². The van der Waals surface area contributed by atoms with Gasteiger partial charge in [-0.25, -0.2) is 4.79 Å². The summed E-state index contributed by atoms with van der Waals surface area (Å²) < 4.78 is 5.25. The molecule has 2 rings (SSSR count). The Morgan fingerprint density at radius 1 is 1.50 bits per heavy atom. The van der Waals surface area contributed by atoms with Gasteiger partial charge >= 0.3 is 6.03 Å². The molecule has 0 aromatic carbocycles. The molecule has 18 heavy (non-hydrogen) atoms. The zero-order valence-electron chi connectivity index (χ0n) is 10.6. The molecular formula is C12H19N3O3. The molecule has 0 aromatic rings. The molecule has 2 fully saturated rings. The van der Waals surface area contributed by atoms with Gasteiger partial charge in [-0.15, -0.1) is 0 Å². The van der Waals surface area contributed by atoms with Gasteiger partial charge in [0.1, 0.15) is 5.54 Å². The van der Waals surface area contributed by atoms with Crippen LogP contribution < -0.4 is 10.6 Å². The fourth-order valence-electron chi connectivity index (χ4n) is 2.41. The molecule has 0 bridgehead atoms. The summed E-state index contributed by atoms with van der Waals surface area (Å²) in [5.41, 5.74) is 0.0695. The Hall–Kier alpha value is -1.40. The van der Waals surface area contributed by atoms with E-state index >= 15 is 0 Å². The summed E-state index contributed by atoms with van der Waals surface area (Å²) in [6.45, 7) is 5.73. The lowest BCUT2D eigenvalue weighted by atomic mass is 9.90. The predicted octanol–water partition coefficient (Wildman–Crippen LogP) is -0.137. The summed E-state index contributed by atoms with van der Waals surface area (Å²) in [6.07, 6.45) is 1.10. The summed E-state index contributed by atoms with van der Waals surface area (Å²) in [5.74, 6) is -0.145. The molecule has 3 amide bonds. The Balaban J connectivity index is 2.07. The van der Waals surface area contributed by atoms with Gasteiger partial charge in [-0.05, 0) is 12.6 Å². The second-order valence-corrected chi connectivity index (χ2v) is 4.80. The summed E-state index contributed by atoms with van der Waals surface area (Å²) >= 11 is 0. The van der Waals surface area contributed by atoms with Gasteiger partial charge in [-0.3, -0.25) is 9.69 Å². The van der Waals surface area contributed by atoms with E-state index in [0.29, 0.717) is 32.6 Å². The minimum absolute atomic E-state index is 0.145. The number of nitrogens with zero attached hydrogens (tertiary/aromatic N) is 1. The highest BCUT2D eigenvalue weighted by molar-refractivity contribution is 6.07. The first kappa shape index (κ1) is 13.0. The molecule has 0 unspecified atom stereocenters. The van der Waals surface area contributed by atoms with Crippen LogP contribution in [0.4, 0.5) is 4.79 Å². The zero-order chi connectivity index (χ0) is 13.2. The van der Waals surface area contributed by atoms with E-state index in [1.807, 2.05) is 0 Å². The van der Waals surface area contributed by atoms with Crippen LogP contribution in [-0.2, 0) is 9.53 Å². The molecule has 2 aliphatic heterocycles. The number of hydrogen-bond acceptors (Lipinski definition) is 4. The topological polar surface area (TPSA) is 70.7 Å². The van der Waals surface area contributed by atoms with Crippen molar-refractivity contribution in [3.05, 3.63) is 12.2 Å². The highest BCUT2D eigenvalue weighted by Gasteiger charge is 2.51. The van der Waals surface area contributed by atoms with Gasteiger partial charge in [0.25, 0.3) is 5.91 Å². The summed E-state index contributed by atoms with van der Waals surface area (Å²) in [6, 6.07) is -0.320. The monoisotopic (exact) mass is 253 g/mol. The number of carbonyl (C=O) groups excluding carboxylic acids is 2. The molecule has 6 nitrogen and oxygen atoms in total. The summed E-state index contributed by atoms with van der Waals surface area (Å²) in [4.78, 5) is 25.5. The molecule has 6 heteroatoms. The van der Waals surface area contributed by atoms with E-state index in [-0.39, 0.29) is 18.5 Å². The molecule has 0 aromatic heterocycles. The van der Waals surface area contributed by atoms with Crippen LogP contribution >= 0.6 is 0 Å². The van der Waals surface area contributed by atoms with E-state index in [0.717, 1.165) is 5.57 Å². The first-order valence-corrected chi connectivity index (χ1v) is 6.12. The molecule has 1 spiro atoms. The maximum absolute atomic E-state index is 12.4. The van der Waals surface area contributed by atoms with Crippen molar-refractivity contribution in [2.75, 3.05) is 33.4 Å². The van der Waals surface area contributed by atoms with Crippen molar-refractivity contribution < 1.29 is 14.3 Å². The molecule has 2 saturated heterocycles. The Morgan fingerprint density at radius 3 is 2.78 bits per heavy atom. The third-order valence-corrected chi connectivity index (χ3v) is 3.40. The lowest BCUT2D eigenvalue weighted by Crippen LogP contribution is -2.51. The van der Waals surface area contributed by atoms with Gasteiger partial charge in [0.05, 0.1) is 6.54 Å². The number of amides is 3. The largest absolute Gasteiger partial charge is 0.381 e. The standard InChI is InChI=1S/C12H19N3O3/c1-9(7-13-2)8-15-10(16)12(14-11(15)17)3-5-18-6-4-12/h13H,1,3-8H2,2H3,(H,14,17). The molecule has 0 atom stereocenters. The number of carbonyl (C=O) groups is 2. The van der Waals surface area contributed by atoms with E-state index in [2.05, 4.69) is 17.2 Å². The molecule has 2 aliphatic rings. The van der Waals surface area contributed by atoms with Crippen LogP contribution in [0.5, 0.6) is 0 Å². The van der Waals surface area contributed by atoms with Crippen LogP contribution in [0.25, 0.3) is 0 Å². The third kappa shape index (κ3) is 2.26. The maximum atomic E-state index is 12.4. The number of likely N-dealkylation sites (N-methyl/N-ethyl adjacent to an activating group) is 1. The van der Waals surface area contributed by atoms with Gasteiger partial charge in [0.15, 0.2) is 0 Å². The minimum Gasteiger partial charge on any atom is -0.381 e. The van der Waals surface area contributed by atoms with Gasteiger partial charge in [-0.1, -0.05) is 6.58 Å². The molecular weight excluding hydrogens is 234 g/mol. The number of nitrogens with one attached hydrogen (secondary N) is 2. The highest BCUT2D eigenvalue weighted by atomic mass is 16.5. The second-order valence-electron chi connectivity index (χ2n) is 4.80. The van der Waals surface area contributed by atoms with Crippen molar-refractivity contribution in [1.82, 2.24) is 15.5 Å². The highest BCUT2D eigenvalue weighted by Crippen LogP contribution is 2.28. The normalized spacial score (nSPS) is 22.4. The van der Waals surface area contributed by atoms with Crippen molar-refractivity contribution in [2.45, 2.75) is 18.4 Å². The zero-order valence-corrected chi connectivity index (χ0v) is 10.6. The average Bonchev–Trinajstić information content (AvgIpc) is 2.55. The smallest absolute Gasteiger partial charge is 0.325 e. The first-order chi connectivity index (χ1) is 8.59. The van der Waals surface area contributed by atoms with Crippen molar-refractivity contribution >= 4 is 11.9 Å². The van der Waals surface area contributed by atoms with Crippen molar-refractivity contribution in [3.8, 4) is 0 Å². The van der Waals surface area contributed by atoms with Gasteiger partial charge in [-0.2, -0.15) is 0 Å². The van der Waals surface area contributed by atoms with E-state index < -0.39 is 5.54 Å². The van der Waals surface area contributed by atoms with Crippen LogP contribution in [0.15, 0.2) is 12.2 Å². The Kier molecular flexibility index (Phi) is 3.68. The van der Waals surface area contributed by atoms with Gasteiger partial charge < -0.3 is 15.4 Å². The van der Waals surface area contributed by atoms with E-state index in [1.165, 1.54) is 4.90 Å². The van der Waals surface area contributed by atoms with Crippen LogP contribution in [0.3, 0.4) is 0 Å². The van der Waals surface area contributed by atoms with E-state index in [4.69, 9.17) is 4.74 Å². The third-order valence-electron chi connectivity index (χ3n) is 3.40. The quantitative estimate of drug-likeness (QED) is 0.540. The summed E-state index contributed by atoms with van der Waals surface area (Å²) in [5, 5.41) is 5.77. The molecule has 0 saturated carbocycles. The first-order valence-electron chi connectivity index (χ1n) is 6.12. The predicted molar refractivity (Wildman–Crippen MR) is 66.1 cm³/mol. The average molecular weight is 253 g/mol.